The molecule has 3 aliphatic heterocycles. The van der Waals surface area contributed by atoms with Gasteiger partial charge in [-0.25, -0.2) is 4.39 Å². The molecule has 6 atom stereocenters. The number of amides is 1. The molecule has 32 heavy (non-hydrogen) atoms. The van der Waals surface area contributed by atoms with Gasteiger partial charge in [0.05, 0.1) is 28.8 Å². The maximum absolute atomic E-state index is 13.7. The van der Waals surface area contributed by atoms with E-state index < -0.39 is 30.3 Å². The lowest BCUT2D eigenvalue weighted by Gasteiger charge is -2.40. The first-order valence-electron chi connectivity index (χ1n) is 10.8. The standard InChI is InChI=1S/C20H30ClFN8O2/c1-28-6-11-8-30(9-12(11)7-28)17-14(21)4-24-5-15(17)26-20(31)16(18(23)27-32)19-25-3-13(22)10-29(19)2/h4-5,11-13,16,18-19,25H,3,6-10,23H2,1-2H3,(H,26,31). The quantitative estimate of drug-likeness (QED) is 0.517. The number of fused-ring (bicyclic) bond motifs is 1. The van der Waals surface area contributed by atoms with Gasteiger partial charge in [-0.15, -0.1) is 4.91 Å². The van der Waals surface area contributed by atoms with Gasteiger partial charge in [-0.05, 0) is 25.9 Å². The van der Waals surface area contributed by atoms with E-state index in [1.807, 2.05) is 0 Å². The van der Waals surface area contributed by atoms with Crippen LogP contribution in [0, 0.1) is 22.7 Å². The summed E-state index contributed by atoms with van der Waals surface area (Å²) in [6.45, 7) is 3.93. The normalized spacial score (nSPS) is 30.7. The Morgan fingerprint density at radius 3 is 2.59 bits per heavy atom. The van der Waals surface area contributed by atoms with Crippen LogP contribution in [-0.2, 0) is 4.79 Å². The Morgan fingerprint density at radius 1 is 1.28 bits per heavy atom. The number of anilines is 2. The lowest BCUT2D eigenvalue weighted by atomic mass is 9.98. The number of nitrogens with two attached hydrogens (primary N) is 1. The molecule has 4 N–H and O–H groups in total. The third kappa shape index (κ3) is 4.58. The molecule has 0 spiro atoms. The molecular weight excluding hydrogens is 439 g/mol. The molecule has 4 heterocycles. The third-order valence-corrected chi connectivity index (χ3v) is 7.03. The largest absolute Gasteiger partial charge is 0.368 e. The fourth-order valence-corrected chi connectivity index (χ4v) is 5.59. The SMILES string of the molecule is CN1CC2CN(c3c(Cl)cncc3NC(=O)C(C(N)N=O)C3NCC(F)CN3C)CC2C1. The van der Waals surface area contributed by atoms with Crippen LogP contribution in [0.3, 0.4) is 0 Å². The fourth-order valence-electron chi connectivity index (χ4n) is 5.31. The lowest BCUT2D eigenvalue weighted by Crippen LogP contribution is -2.62. The number of likely N-dealkylation sites (tertiary alicyclic amines) is 1. The summed E-state index contributed by atoms with van der Waals surface area (Å²) in [6.07, 6.45) is 0.0975. The highest BCUT2D eigenvalue weighted by Gasteiger charge is 2.42. The van der Waals surface area contributed by atoms with Gasteiger partial charge < -0.3 is 20.9 Å². The second-order valence-electron chi connectivity index (χ2n) is 9.16. The van der Waals surface area contributed by atoms with Crippen molar-refractivity contribution in [2.45, 2.75) is 18.5 Å². The van der Waals surface area contributed by atoms with Crippen LogP contribution in [0.1, 0.15) is 0 Å². The second-order valence-corrected chi connectivity index (χ2v) is 9.57. The van der Waals surface area contributed by atoms with Crippen molar-refractivity contribution >= 4 is 28.9 Å². The van der Waals surface area contributed by atoms with Crippen molar-refractivity contribution in [2.75, 3.05) is 63.6 Å². The summed E-state index contributed by atoms with van der Waals surface area (Å²) in [5.74, 6) is -0.435. The van der Waals surface area contributed by atoms with E-state index in [0.29, 0.717) is 28.2 Å². The van der Waals surface area contributed by atoms with Crippen LogP contribution in [0.15, 0.2) is 17.6 Å². The summed E-state index contributed by atoms with van der Waals surface area (Å²) >= 11 is 6.51. The minimum absolute atomic E-state index is 0.0688. The molecule has 3 fully saturated rings. The van der Waals surface area contributed by atoms with Crippen molar-refractivity contribution in [1.82, 2.24) is 20.1 Å². The van der Waals surface area contributed by atoms with Crippen molar-refractivity contribution in [3.63, 3.8) is 0 Å². The van der Waals surface area contributed by atoms with Gasteiger partial charge in [0.25, 0.3) is 0 Å². The molecule has 3 aliphatic rings. The monoisotopic (exact) mass is 468 g/mol. The number of halogens is 2. The Balaban J connectivity index is 1.56. The van der Waals surface area contributed by atoms with E-state index in [9.17, 15) is 14.1 Å². The minimum Gasteiger partial charge on any atom is -0.368 e. The number of carbonyl (C=O) groups excluding carboxylic acids is 1. The molecule has 4 rings (SSSR count). The molecule has 0 radical (unpaired) electrons. The number of carbonyl (C=O) groups is 1. The van der Waals surface area contributed by atoms with Crippen LogP contribution >= 0.6 is 11.6 Å². The van der Waals surface area contributed by atoms with Crippen LogP contribution in [0.4, 0.5) is 15.8 Å². The van der Waals surface area contributed by atoms with E-state index in [2.05, 4.69) is 37.6 Å². The number of rotatable bonds is 6. The van der Waals surface area contributed by atoms with Crippen LogP contribution < -0.4 is 21.3 Å². The molecule has 0 saturated carbocycles. The molecule has 0 aromatic carbocycles. The van der Waals surface area contributed by atoms with Gasteiger partial charge in [0.2, 0.25) is 5.91 Å². The Kier molecular flexibility index (Phi) is 6.91. The molecule has 1 aromatic heterocycles. The predicted octanol–water partition coefficient (Wildman–Crippen LogP) is 0.538. The number of nitrogens with zero attached hydrogens (tertiary/aromatic N) is 5. The van der Waals surface area contributed by atoms with Crippen molar-refractivity contribution in [3.8, 4) is 0 Å². The molecule has 6 unspecified atom stereocenters. The molecule has 0 aliphatic carbocycles. The van der Waals surface area contributed by atoms with Crippen LogP contribution in [0.25, 0.3) is 0 Å². The molecular formula is C20H30ClFN8O2. The van der Waals surface area contributed by atoms with Gasteiger partial charge in [-0.3, -0.25) is 20.0 Å². The zero-order valence-corrected chi connectivity index (χ0v) is 19.0. The summed E-state index contributed by atoms with van der Waals surface area (Å²) in [6, 6.07) is 0. The highest BCUT2D eigenvalue weighted by atomic mass is 35.5. The highest BCUT2D eigenvalue weighted by molar-refractivity contribution is 6.34. The van der Waals surface area contributed by atoms with Gasteiger partial charge in [0.1, 0.15) is 12.1 Å². The van der Waals surface area contributed by atoms with Gasteiger partial charge in [0.15, 0.2) is 6.17 Å². The molecule has 12 heteroatoms. The average Bonchev–Trinajstić information content (AvgIpc) is 3.26. The van der Waals surface area contributed by atoms with Crippen molar-refractivity contribution in [2.24, 2.45) is 28.7 Å². The van der Waals surface area contributed by atoms with E-state index in [1.165, 1.54) is 0 Å². The van der Waals surface area contributed by atoms with Crippen molar-refractivity contribution in [3.05, 3.63) is 22.3 Å². The predicted molar refractivity (Wildman–Crippen MR) is 121 cm³/mol. The number of nitroso groups, excluding NO2 is 1. The maximum atomic E-state index is 13.7. The Labute approximate surface area is 191 Å². The van der Waals surface area contributed by atoms with Gasteiger partial charge >= 0.3 is 0 Å². The van der Waals surface area contributed by atoms with Gasteiger partial charge in [-0.1, -0.05) is 16.8 Å². The van der Waals surface area contributed by atoms with E-state index in [1.54, 1.807) is 24.3 Å². The summed E-state index contributed by atoms with van der Waals surface area (Å²) in [7, 11) is 3.80. The molecule has 176 valence electrons. The molecule has 10 nitrogen and oxygen atoms in total. The van der Waals surface area contributed by atoms with Gasteiger partial charge in [0, 0.05) is 45.5 Å². The van der Waals surface area contributed by atoms with Crippen LogP contribution in [0.5, 0.6) is 0 Å². The first-order chi connectivity index (χ1) is 15.3. The Hall–Kier alpha value is -1.92. The Morgan fingerprint density at radius 2 is 1.97 bits per heavy atom. The first-order valence-corrected chi connectivity index (χ1v) is 11.2. The van der Waals surface area contributed by atoms with Crippen LogP contribution in [-0.4, -0.2) is 92.6 Å². The third-order valence-electron chi connectivity index (χ3n) is 6.76. The van der Waals surface area contributed by atoms with Crippen LogP contribution in [0.2, 0.25) is 5.02 Å². The smallest absolute Gasteiger partial charge is 0.234 e. The van der Waals surface area contributed by atoms with Gasteiger partial charge in [-0.2, -0.15) is 0 Å². The number of hydrogen-bond donors (Lipinski definition) is 3. The van der Waals surface area contributed by atoms with E-state index in [-0.39, 0.29) is 13.1 Å². The summed E-state index contributed by atoms with van der Waals surface area (Å²) in [5.41, 5.74) is 7.08. The maximum Gasteiger partial charge on any atom is 0.234 e. The highest BCUT2D eigenvalue weighted by Crippen LogP contribution is 2.40. The van der Waals surface area contributed by atoms with E-state index >= 15 is 0 Å². The Bertz CT molecular complexity index is 849. The lowest BCUT2D eigenvalue weighted by molar-refractivity contribution is -0.124. The number of alkyl halides is 1. The topological polar surface area (TPSA) is 119 Å². The molecule has 0 bridgehead atoms. The fraction of sp³-hybridized carbons (Fsp3) is 0.700. The second kappa shape index (κ2) is 9.52. The van der Waals surface area contributed by atoms with Crippen molar-refractivity contribution < 1.29 is 9.18 Å². The summed E-state index contributed by atoms with van der Waals surface area (Å²) < 4.78 is 13.7. The first kappa shape index (κ1) is 23.2. The number of pyridine rings is 1. The molecule has 3 saturated heterocycles. The molecule has 1 aromatic rings. The molecule has 1 amide bonds. The van der Waals surface area contributed by atoms with E-state index in [4.69, 9.17) is 17.3 Å². The summed E-state index contributed by atoms with van der Waals surface area (Å²) in [4.78, 5) is 34.9. The minimum atomic E-state index is -1.30. The van der Waals surface area contributed by atoms with E-state index in [0.717, 1.165) is 26.2 Å². The zero-order valence-electron chi connectivity index (χ0n) is 18.2. The van der Waals surface area contributed by atoms with Crippen molar-refractivity contribution in [1.29, 1.82) is 0 Å². The number of hydrogen-bond acceptors (Lipinski definition) is 9. The average molecular weight is 469 g/mol. The summed E-state index contributed by atoms with van der Waals surface area (Å²) in [5, 5.41) is 9.17. The number of nitrogens with one attached hydrogen (secondary N) is 2. The number of aromatic nitrogens is 1. The zero-order chi connectivity index (χ0) is 23.0.